The second-order valence-corrected chi connectivity index (χ2v) is 2.58. The molecule has 1 radical (unpaired) electrons. The Morgan fingerprint density at radius 1 is 1.10 bits per heavy atom. The van der Waals surface area contributed by atoms with Crippen LogP contribution in [0.4, 0.5) is 0 Å². The van der Waals surface area contributed by atoms with E-state index in [0.29, 0.717) is 12.5 Å². The lowest BCUT2D eigenvalue weighted by atomic mass is 10.1. The molecule has 0 rings (SSSR count). The highest BCUT2D eigenvalue weighted by Gasteiger charge is 2.07. The number of nitrogens with one attached hydrogen (secondary N) is 1. The van der Waals surface area contributed by atoms with Crippen LogP contribution in [0.5, 0.6) is 0 Å². The Morgan fingerprint density at radius 2 is 1.60 bits per heavy atom. The van der Waals surface area contributed by atoms with E-state index in [2.05, 4.69) is 19.2 Å². The number of rotatable bonds is 5. The molecular formula is C8H18NO. The molecule has 0 aliphatic rings. The fraction of sp³-hybridized carbons (Fsp3) is 1.00. The summed E-state index contributed by atoms with van der Waals surface area (Å²) in [4.78, 5) is 0. The lowest BCUT2D eigenvalue weighted by Crippen LogP contribution is -2.36. The topological polar surface area (TPSA) is 31.9 Å². The van der Waals surface area contributed by atoms with E-state index in [1.807, 2.05) is 6.92 Å². The van der Waals surface area contributed by atoms with E-state index in [1.54, 1.807) is 0 Å². The molecule has 0 spiro atoms. The van der Waals surface area contributed by atoms with E-state index in [0.717, 1.165) is 12.8 Å². The quantitative estimate of drug-likeness (QED) is 0.587. The van der Waals surface area contributed by atoms with Crippen molar-refractivity contribution in [3.63, 3.8) is 0 Å². The lowest BCUT2D eigenvalue weighted by molar-refractivity contribution is 0.0440. The van der Waals surface area contributed by atoms with Crippen LogP contribution in [0, 0.1) is 0 Å². The predicted octanol–water partition coefficient (Wildman–Crippen LogP) is 1.93. The van der Waals surface area contributed by atoms with Gasteiger partial charge in [-0.15, -0.1) is 0 Å². The maximum Gasteiger partial charge on any atom is 0.143 e. The van der Waals surface area contributed by atoms with Crippen LogP contribution in [0.25, 0.3) is 0 Å². The molecule has 1 atom stereocenters. The third kappa shape index (κ3) is 3.85. The van der Waals surface area contributed by atoms with Gasteiger partial charge in [0.15, 0.2) is 0 Å². The summed E-state index contributed by atoms with van der Waals surface area (Å²) in [7, 11) is 0. The molecule has 0 amide bonds. The Balaban J connectivity index is 3.41. The maximum atomic E-state index is 10.9. The zero-order valence-corrected chi connectivity index (χ0v) is 7.18. The Labute approximate surface area is 63.6 Å². The molecule has 1 unspecified atom stereocenters. The predicted molar refractivity (Wildman–Crippen MR) is 42.3 cm³/mol. The van der Waals surface area contributed by atoms with E-state index in [9.17, 15) is 5.11 Å². The van der Waals surface area contributed by atoms with Crippen molar-refractivity contribution in [2.75, 3.05) is 0 Å². The molecule has 0 heterocycles. The molecule has 0 bridgehead atoms. The minimum atomic E-state index is -0.565. The fourth-order valence-corrected chi connectivity index (χ4v) is 0.905. The van der Waals surface area contributed by atoms with E-state index in [1.165, 1.54) is 0 Å². The molecule has 0 saturated carbocycles. The standard InChI is InChI=1S/C8H18NO/c1-4-7(5-2)9-8(10)6-3/h7-9H,4-6H2,1-3H3. The average molecular weight is 144 g/mol. The zero-order chi connectivity index (χ0) is 7.98. The van der Waals surface area contributed by atoms with Crippen molar-refractivity contribution < 1.29 is 5.11 Å². The lowest BCUT2D eigenvalue weighted by Gasteiger charge is -2.16. The monoisotopic (exact) mass is 144 g/mol. The van der Waals surface area contributed by atoms with Crippen molar-refractivity contribution >= 4 is 0 Å². The fourth-order valence-electron chi connectivity index (χ4n) is 0.905. The first-order valence-corrected chi connectivity index (χ1v) is 4.16. The van der Waals surface area contributed by atoms with E-state index >= 15 is 0 Å². The molecule has 0 aliphatic carbocycles. The molecule has 0 aromatic heterocycles. The molecule has 2 heteroatoms. The second kappa shape index (κ2) is 5.69. The van der Waals surface area contributed by atoms with Crippen molar-refractivity contribution in [1.29, 1.82) is 0 Å². The van der Waals surface area contributed by atoms with Gasteiger partial charge in [-0.3, -0.25) is 5.32 Å². The molecule has 0 aromatic carbocycles. The minimum Gasteiger partial charge on any atom is -0.287 e. The highest BCUT2D eigenvalue weighted by atomic mass is 16.3. The van der Waals surface area contributed by atoms with Crippen molar-refractivity contribution in [1.82, 2.24) is 5.32 Å². The van der Waals surface area contributed by atoms with Crippen molar-refractivity contribution in [3.8, 4) is 0 Å². The Hall–Kier alpha value is -0.0800. The summed E-state index contributed by atoms with van der Waals surface area (Å²) in [6.45, 7) is 6.11. The van der Waals surface area contributed by atoms with Crippen LogP contribution < -0.4 is 5.32 Å². The molecule has 61 valence electrons. The van der Waals surface area contributed by atoms with Crippen LogP contribution in [0.3, 0.4) is 0 Å². The minimum absolute atomic E-state index is 0.419. The third-order valence-electron chi connectivity index (χ3n) is 1.78. The van der Waals surface area contributed by atoms with Crippen LogP contribution in [0.15, 0.2) is 0 Å². The summed E-state index contributed by atoms with van der Waals surface area (Å²) < 4.78 is 0. The molecule has 10 heavy (non-hydrogen) atoms. The molecule has 0 aliphatic heterocycles. The van der Waals surface area contributed by atoms with Gasteiger partial charge in [-0.1, -0.05) is 20.8 Å². The van der Waals surface area contributed by atoms with Crippen LogP contribution in [-0.4, -0.2) is 12.3 Å². The van der Waals surface area contributed by atoms with Crippen LogP contribution in [0.2, 0.25) is 0 Å². The highest BCUT2D eigenvalue weighted by molar-refractivity contribution is 4.63. The summed E-state index contributed by atoms with van der Waals surface area (Å²) in [6, 6.07) is 0.419. The molecule has 2 nitrogen and oxygen atoms in total. The van der Waals surface area contributed by atoms with Gasteiger partial charge in [0.1, 0.15) is 6.23 Å². The van der Waals surface area contributed by atoms with Crippen molar-refractivity contribution in [2.45, 2.75) is 52.3 Å². The number of hydrogen-bond donors (Lipinski definition) is 1. The first-order valence-electron chi connectivity index (χ1n) is 4.16. The highest BCUT2D eigenvalue weighted by Crippen LogP contribution is 1.98. The summed E-state index contributed by atoms with van der Waals surface area (Å²) in [6.07, 6.45) is 2.21. The van der Waals surface area contributed by atoms with Crippen molar-refractivity contribution in [2.24, 2.45) is 0 Å². The van der Waals surface area contributed by atoms with Gasteiger partial charge in [0.2, 0.25) is 0 Å². The van der Waals surface area contributed by atoms with Gasteiger partial charge in [0.05, 0.1) is 0 Å². The summed E-state index contributed by atoms with van der Waals surface area (Å²) in [5.74, 6) is 0. The van der Waals surface area contributed by atoms with Crippen molar-refractivity contribution in [3.05, 3.63) is 0 Å². The van der Waals surface area contributed by atoms with E-state index in [4.69, 9.17) is 0 Å². The normalized spacial score (nSPS) is 14.1. The van der Waals surface area contributed by atoms with Gasteiger partial charge < -0.3 is 0 Å². The molecule has 0 saturated heterocycles. The van der Waals surface area contributed by atoms with Crippen LogP contribution in [0.1, 0.15) is 40.0 Å². The van der Waals surface area contributed by atoms with Gasteiger partial charge in [-0.05, 0) is 19.3 Å². The van der Waals surface area contributed by atoms with E-state index in [-0.39, 0.29) is 0 Å². The summed E-state index contributed by atoms with van der Waals surface area (Å²) >= 11 is 0. The third-order valence-corrected chi connectivity index (χ3v) is 1.78. The molecular weight excluding hydrogens is 126 g/mol. The maximum absolute atomic E-state index is 10.9. The SMILES string of the molecule is CCC([O])NC(CC)CC. The smallest absolute Gasteiger partial charge is 0.143 e. The Bertz CT molecular complexity index is 71.7. The first-order chi connectivity index (χ1) is 4.74. The first kappa shape index (κ1) is 9.92. The Morgan fingerprint density at radius 3 is 1.90 bits per heavy atom. The summed E-state index contributed by atoms with van der Waals surface area (Å²) in [5.41, 5.74) is 0. The van der Waals surface area contributed by atoms with Gasteiger partial charge in [-0.25, -0.2) is 5.11 Å². The van der Waals surface area contributed by atoms with E-state index < -0.39 is 6.23 Å². The molecule has 1 N–H and O–H groups in total. The second-order valence-electron chi connectivity index (χ2n) is 2.58. The Kier molecular flexibility index (Phi) is 5.64. The average Bonchev–Trinajstić information content (AvgIpc) is 1.99. The van der Waals surface area contributed by atoms with Gasteiger partial charge >= 0.3 is 0 Å². The summed E-state index contributed by atoms with van der Waals surface area (Å²) in [5, 5.41) is 13.9. The largest absolute Gasteiger partial charge is 0.287 e. The molecule has 0 aromatic rings. The van der Waals surface area contributed by atoms with Crippen LogP contribution >= 0.6 is 0 Å². The zero-order valence-electron chi connectivity index (χ0n) is 7.18. The van der Waals surface area contributed by atoms with Gasteiger partial charge in [0.25, 0.3) is 0 Å². The van der Waals surface area contributed by atoms with Gasteiger partial charge in [-0.2, -0.15) is 0 Å². The molecule has 0 fully saturated rings. The van der Waals surface area contributed by atoms with Crippen LogP contribution in [-0.2, 0) is 5.11 Å². The number of hydrogen-bond acceptors (Lipinski definition) is 1. The van der Waals surface area contributed by atoms with Gasteiger partial charge in [0, 0.05) is 6.04 Å².